The molecule has 2 aliphatic rings. The highest BCUT2D eigenvalue weighted by molar-refractivity contribution is 5.04. The Bertz CT molecular complexity index is 245. The van der Waals surface area contributed by atoms with Crippen molar-refractivity contribution in [2.75, 3.05) is 14.1 Å². The quantitative estimate of drug-likeness (QED) is 0.654. The second kappa shape index (κ2) is 4.79. The Morgan fingerprint density at radius 1 is 0.500 bits per heavy atom. The van der Waals surface area contributed by atoms with Crippen molar-refractivity contribution in [2.45, 2.75) is 65.7 Å². The molecule has 0 amide bonds. The maximum absolute atomic E-state index is 2.61. The molecule has 0 bridgehead atoms. The van der Waals surface area contributed by atoms with E-state index in [1.54, 1.807) is 0 Å². The summed E-state index contributed by atoms with van der Waals surface area (Å²) in [6.07, 6.45) is 0. The minimum absolute atomic E-state index is 0.702. The van der Waals surface area contributed by atoms with Crippen molar-refractivity contribution in [3.63, 3.8) is 0 Å². The lowest BCUT2D eigenvalue weighted by molar-refractivity contribution is -0.115. The van der Waals surface area contributed by atoms with E-state index in [4.69, 9.17) is 0 Å². The second-order valence-electron chi connectivity index (χ2n) is 7.17. The topological polar surface area (TPSA) is 6.48 Å². The number of nitrogens with zero attached hydrogens (tertiary/aromatic N) is 2. The third kappa shape index (κ3) is 1.84. The standard InChI is InChI=1S/C16H32N2/c1-9-11(3)17(7)13(5)16-14(6)18(8)12(4)10(2)15(9)16/h9-16H,1-8H3/t9-,10+,11+,12-,13-,14+,15?,16-. The molecule has 0 aromatic heterocycles. The average molecular weight is 252 g/mol. The Hall–Kier alpha value is -0.0800. The highest BCUT2D eigenvalue weighted by Crippen LogP contribution is 2.47. The Morgan fingerprint density at radius 3 is 1.17 bits per heavy atom. The van der Waals surface area contributed by atoms with Crippen LogP contribution in [-0.2, 0) is 0 Å². The van der Waals surface area contributed by atoms with E-state index in [-0.39, 0.29) is 0 Å². The minimum Gasteiger partial charge on any atom is -0.300 e. The van der Waals surface area contributed by atoms with Crippen molar-refractivity contribution in [3.8, 4) is 0 Å². The summed E-state index contributed by atoms with van der Waals surface area (Å²) in [6.45, 7) is 14.7. The molecule has 0 aliphatic carbocycles. The Labute approximate surface area is 114 Å². The number of hydrogen-bond donors (Lipinski definition) is 0. The van der Waals surface area contributed by atoms with Crippen LogP contribution in [0.25, 0.3) is 0 Å². The smallest absolute Gasteiger partial charge is 0.0113 e. The molecular weight excluding hydrogens is 220 g/mol. The molecule has 2 aliphatic heterocycles. The molecule has 2 heterocycles. The summed E-state index contributed by atoms with van der Waals surface area (Å²) >= 11 is 0. The summed E-state index contributed by atoms with van der Waals surface area (Å²) in [6, 6.07) is 2.83. The number of rotatable bonds is 0. The molecule has 2 fully saturated rings. The number of likely N-dealkylation sites (tertiary alicyclic amines) is 2. The highest BCUT2D eigenvalue weighted by Gasteiger charge is 2.51. The van der Waals surface area contributed by atoms with Gasteiger partial charge < -0.3 is 9.80 Å². The van der Waals surface area contributed by atoms with Crippen LogP contribution in [0.15, 0.2) is 0 Å². The molecule has 8 atom stereocenters. The van der Waals surface area contributed by atoms with Crippen LogP contribution in [0, 0.1) is 23.7 Å². The average Bonchev–Trinajstić information content (AvgIpc) is 2.35. The summed E-state index contributed by atoms with van der Waals surface area (Å²) in [7, 11) is 4.63. The third-order valence-corrected chi connectivity index (χ3v) is 6.86. The zero-order valence-electron chi connectivity index (χ0n) is 13.5. The number of hydrogen-bond acceptors (Lipinski definition) is 2. The molecule has 2 rings (SSSR count). The molecule has 0 radical (unpaired) electrons. The van der Waals surface area contributed by atoms with E-state index in [2.05, 4.69) is 65.4 Å². The lowest BCUT2D eigenvalue weighted by Crippen LogP contribution is -2.66. The van der Waals surface area contributed by atoms with Crippen LogP contribution in [0.4, 0.5) is 0 Å². The first-order valence-electron chi connectivity index (χ1n) is 7.72. The van der Waals surface area contributed by atoms with Gasteiger partial charge in [0.15, 0.2) is 0 Å². The normalized spacial score (nSPS) is 55.3. The van der Waals surface area contributed by atoms with Crippen molar-refractivity contribution < 1.29 is 0 Å². The van der Waals surface area contributed by atoms with Crippen LogP contribution in [0.2, 0.25) is 0 Å². The van der Waals surface area contributed by atoms with Crippen LogP contribution in [0.1, 0.15) is 41.5 Å². The van der Waals surface area contributed by atoms with E-state index >= 15 is 0 Å². The van der Waals surface area contributed by atoms with Gasteiger partial charge in [-0.25, -0.2) is 0 Å². The molecule has 0 spiro atoms. The van der Waals surface area contributed by atoms with Gasteiger partial charge >= 0.3 is 0 Å². The van der Waals surface area contributed by atoms with Gasteiger partial charge in [-0.15, -0.1) is 0 Å². The predicted molar refractivity (Wildman–Crippen MR) is 78.7 cm³/mol. The van der Waals surface area contributed by atoms with E-state index in [9.17, 15) is 0 Å². The van der Waals surface area contributed by atoms with Gasteiger partial charge in [-0.05, 0) is 65.5 Å². The van der Waals surface area contributed by atoms with Gasteiger partial charge in [0.2, 0.25) is 0 Å². The highest BCUT2D eigenvalue weighted by atomic mass is 15.2. The van der Waals surface area contributed by atoms with Gasteiger partial charge in [0, 0.05) is 24.2 Å². The summed E-state index contributed by atoms with van der Waals surface area (Å²) in [4.78, 5) is 5.22. The van der Waals surface area contributed by atoms with E-state index in [1.165, 1.54) is 0 Å². The third-order valence-electron chi connectivity index (χ3n) is 6.86. The lowest BCUT2D eigenvalue weighted by atomic mass is 9.60. The zero-order chi connectivity index (χ0) is 13.8. The molecule has 2 saturated heterocycles. The minimum atomic E-state index is 0.702. The van der Waals surface area contributed by atoms with Gasteiger partial charge in [-0.3, -0.25) is 0 Å². The number of fused-ring (bicyclic) bond motifs is 1. The molecular formula is C16H32N2. The largest absolute Gasteiger partial charge is 0.300 e. The van der Waals surface area contributed by atoms with Crippen molar-refractivity contribution in [1.29, 1.82) is 0 Å². The van der Waals surface area contributed by atoms with Crippen LogP contribution < -0.4 is 0 Å². The molecule has 2 nitrogen and oxygen atoms in total. The van der Waals surface area contributed by atoms with Gasteiger partial charge in [-0.1, -0.05) is 13.8 Å². The van der Waals surface area contributed by atoms with Crippen LogP contribution in [-0.4, -0.2) is 48.1 Å². The first-order chi connectivity index (χ1) is 8.29. The molecule has 1 unspecified atom stereocenters. The van der Waals surface area contributed by atoms with E-state index in [0.717, 1.165) is 23.7 Å². The van der Waals surface area contributed by atoms with Crippen molar-refractivity contribution in [3.05, 3.63) is 0 Å². The summed E-state index contributed by atoms with van der Waals surface area (Å²) in [5.41, 5.74) is 0. The maximum Gasteiger partial charge on any atom is 0.0113 e. The Morgan fingerprint density at radius 2 is 0.833 bits per heavy atom. The van der Waals surface area contributed by atoms with E-state index in [1.807, 2.05) is 0 Å². The SMILES string of the molecule is C[C@@H]1C2[C@H]([C@@H](C)N(C)[C@@H](C)[C@H]2C)[C@H](C)N(C)[C@@H]1C. The fourth-order valence-corrected chi connectivity index (χ4v) is 4.90. The van der Waals surface area contributed by atoms with Gasteiger partial charge in [0.1, 0.15) is 0 Å². The first-order valence-corrected chi connectivity index (χ1v) is 7.72. The first kappa shape index (κ1) is 14.3. The Kier molecular flexibility index (Phi) is 3.81. The second-order valence-corrected chi connectivity index (χ2v) is 7.17. The molecule has 18 heavy (non-hydrogen) atoms. The Balaban J connectivity index is 2.36. The lowest BCUT2D eigenvalue weighted by Gasteiger charge is -2.60. The summed E-state index contributed by atoms with van der Waals surface area (Å²) in [5.74, 6) is 3.32. The van der Waals surface area contributed by atoms with Gasteiger partial charge in [0.25, 0.3) is 0 Å². The molecule has 106 valence electrons. The zero-order valence-corrected chi connectivity index (χ0v) is 13.5. The van der Waals surface area contributed by atoms with Gasteiger partial charge in [-0.2, -0.15) is 0 Å². The maximum atomic E-state index is 2.61. The molecule has 2 heteroatoms. The molecule has 0 aromatic rings. The van der Waals surface area contributed by atoms with Crippen molar-refractivity contribution in [2.24, 2.45) is 23.7 Å². The molecule has 0 aromatic carbocycles. The fourth-order valence-electron chi connectivity index (χ4n) is 4.90. The summed E-state index contributed by atoms with van der Waals surface area (Å²) < 4.78 is 0. The van der Waals surface area contributed by atoms with Crippen LogP contribution >= 0.6 is 0 Å². The fraction of sp³-hybridized carbons (Fsp3) is 1.00. The number of piperidine rings is 2. The molecule has 0 saturated carbocycles. The van der Waals surface area contributed by atoms with Crippen LogP contribution in [0.3, 0.4) is 0 Å². The van der Waals surface area contributed by atoms with Crippen LogP contribution in [0.5, 0.6) is 0 Å². The van der Waals surface area contributed by atoms with Crippen molar-refractivity contribution >= 4 is 0 Å². The molecule has 0 N–H and O–H groups in total. The van der Waals surface area contributed by atoms with Crippen molar-refractivity contribution in [1.82, 2.24) is 9.80 Å². The summed E-state index contributed by atoms with van der Waals surface area (Å²) in [5, 5.41) is 0. The predicted octanol–water partition coefficient (Wildman–Crippen LogP) is 2.94. The van der Waals surface area contributed by atoms with E-state index < -0.39 is 0 Å². The van der Waals surface area contributed by atoms with E-state index in [0.29, 0.717) is 24.2 Å². The monoisotopic (exact) mass is 252 g/mol. The van der Waals surface area contributed by atoms with Gasteiger partial charge in [0.05, 0.1) is 0 Å².